The number of esters is 1. The van der Waals surface area contributed by atoms with Crippen molar-refractivity contribution in [2.24, 2.45) is 13.0 Å². The molecular weight excluding hydrogens is 256 g/mol. The van der Waals surface area contributed by atoms with Crippen LogP contribution in [0.1, 0.15) is 24.6 Å². The highest BCUT2D eigenvalue weighted by Crippen LogP contribution is 2.26. The Morgan fingerprint density at radius 3 is 3.00 bits per heavy atom. The molecule has 0 unspecified atom stereocenters. The number of carbonyl (C=O) groups is 1. The van der Waals surface area contributed by atoms with Crippen LogP contribution in [0.3, 0.4) is 0 Å². The quantitative estimate of drug-likeness (QED) is 0.780. The van der Waals surface area contributed by atoms with Crippen molar-refractivity contribution in [1.82, 2.24) is 9.47 Å². The van der Waals surface area contributed by atoms with Gasteiger partial charge in [0.25, 0.3) is 0 Å². The van der Waals surface area contributed by atoms with Crippen LogP contribution in [0.2, 0.25) is 0 Å². The van der Waals surface area contributed by atoms with E-state index >= 15 is 0 Å². The van der Waals surface area contributed by atoms with Crippen LogP contribution in [0.25, 0.3) is 0 Å². The highest BCUT2D eigenvalue weighted by molar-refractivity contribution is 5.74. The molecule has 1 aromatic rings. The summed E-state index contributed by atoms with van der Waals surface area (Å²) < 4.78 is 12.8. The van der Waals surface area contributed by atoms with Gasteiger partial charge in [0.05, 0.1) is 31.8 Å². The first-order valence-electron chi connectivity index (χ1n) is 7.35. The second-order valence-corrected chi connectivity index (χ2v) is 5.61. The number of aromatic nitrogens is 1. The minimum atomic E-state index is -0.0197. The molecule has 0 aliphatic carbocycles. The number of hydrogen-bond acceptors (Lipinski definition) is 4. The maximum absolute atomic E-state index is 11.5. The lowest BCUT2D eigenvalue weighted by atomic mass is 10.0. The fourth-order valence-corrected chi connectivity index (χ4v) is 3.12. The van der Waals surface area contributed by atoms with E-state index < -0.39 is 0 Å². The lowest BCUT2D eigenvalue weighted by Gasteiger charge is -2.36. The molecule has 0 amide bonds. The van der Waals surface area contributed by atoms with E-state index in [-0.39, 0.29) is 11.9 Å². The van der Waals surface area contributed by atoms with Gasteiger partial charge in [-0.15, -0.1) is 0 Å². The number of nitrogens with zero attached hydrogens (tertiary/aromatic N) is 2. The Morgan fingerprint density at radius 1 is 1.40 bits per heavy atom. The number of rotatable bonds is 4. The van der Waals surface area contributed by atoms with E-state index in [9.17, 15) is 4.79 Å². The topological polar surface area (TPSA) is 43.7 Å². The van der Waals surface area contributed by atoms with Gasteiger partial charge in [0, 0.05) is 25.5 Å². The van der Waals surface area contributed by atoms with Crippen LogP contribution < -0.4 is 0 Å². The average Bonchev–Trinajstić information content (AvgIpc) is 3.06. The molecule has 2 atom stereocenters. The molecule has 110 valence electrons. The number of carbonyl (C=O) groups excluding carboxylic acids is 1. The van der Waals surface area contributed by atoms with Crippen molar-refractivity contribution in [3.63, 3.8) is 0 Å². The first-order valence-corrected chi connectivity index (χ1v) is 7.35. The molecule has 5 nitrogen and oxygen atoms in total. The van der Waals surface area contributed by atoms with Crippen molar-refractivity contribution in [2.45, 2.75) is 18.9 Å². The van der Waals surface area contributed by atoms with E-state index in [2.05, 4.69) is 34.8 Å². The van der Waals surface area contributed by atoms with Gasteiger partial charge >= 0.3 is 5.97 Å². The Kier molecular flexibility index (Phi) is 4.08. The van der Waals surface area contributed by atoms with Gasteiger partial charge in [-0.3, -0.25) is 9.69 Å². The summed E-state index contributed by atoms with van der Waals surface area (Å²) in [5, 5.41) is 0. The fourth-order valence-electron chi connectivity index (χ4n) is 3.12. The maximum Gasteiger partial charge on any atom is 0.309 e. The maximum atomic E-state index is 11.5. The van der Waals surface area contributed by atoms with Gasteiger partial charge in [-0.25, -0.2) is 0 Å². The Hall–Kier alpha value is -1.33. The number of ether oxygens (including phenoxy) is 2. The molecule has 3 heterocycles. The predicted molar refractivity (Wildman–Crippen MR) is 74.2 cm³/mol. The summed E-state index contributed by atoms with van der Waals surface area (Å²) >= 11 is 0. The highest BCUT2D eigenvalue weighted by atomic mass is 16.5. The van der Waals surface area contributed by atoms with Crippen molar-refractivity contribution in [1.29, 1.82) is 0 Å². The van der Waals surface area contributed by atoms with Crippen molar-refractivity contribution < 1.29 is 14.3 Å². The van der Waals surface area contributed by atoms with Crippen molar-refractivity contribution in [3.05, 3.63) is 24.0 Å². The Labute approximate surface area is 119 Å². The third kappa shape index (κ3) is 2.74. The summed E-state index contributed by atoms with van der Waals surface area (Å²) in [5.74, 6) is 0.0700. The van der Waals surface area contributed by atoms with Gasteiger partial charge in [-0.2, -0.15) is 0 Å². The van der Waals surface area contributed by atoms with Crippen LogP contribution in [0, 0.1) is 5.92 Å². The van der Waals surface area contributed by atoms with E-state index in [0.717, 1.165) is 39.1 Å². The molecule has 0 N–H and O–H groups in total. The lowest BCUT2D eigenvalue weighted by molar-refractivity contribution is -0.141. The van der Waals surface area contributed by atoms with E-state index in [4.69, 9.17) is 9.47 Å². The summed E-state index contributed by atoms with van der Waals surface area (Å²) in [4.78, 5) is 14.0. The molecule has 1 aromatic heterocycles. The normalized spacial score (nSPS) is 27.8. The van der Waals surface area contributed by atoms with Crippen LogP contribution in [-0.2, 0) is 21.3 Å². The second-order valence-electron chi connectivity index (χ2n) is 5.61. The zero-order chi connectivity index (χ0) is 13.9. The van der Waals surface area contributed by atoms with Crippen LogP contribution in [-0.4, -0.2) is 48.3 Å². The number of hydrogen-bond donors (Lipinski definition) is 0. The molecular formula is C15H22N2O3. The molecule has 0 bridgehead atoms. The summed E-state index contributed by atoms with van der Waals surface area (Å²) in [7, 11) is 2.07. The van der Waals surface area contributed by atoms with Crippen LogP contribution in [0.4, 0.5) is 0 Å². The minimum absolute atomic E-state index is 0.0197. The minimum Gasteiger partial charge on any atom is -0.465 e. The summed E-state index contributed by atoms with van der Waals surface area (Å²) in [6, 6.07) is 4.51. The smallest absolute Gasteiger partial charge is 0.309 e. The molecule has 0 spiro atoms. The standard InChI is InChI=1S/C15H22N2O3/c1-16-6-2-3-13(16)14-11-19-10-8-17(14)7-4-12-5-9-20-15(12)18/h2-3,6,12,14H,4-5,7-11H2,1H3/t12-,14-/m1/s1. The molecule has 2 saturated heterocycles. The molecule has 0 saturated carbocycles. The van der Waals surface area contributed by atoms with Crippen LogP contribution in [0.15, 0.2) is 18.3 Å². The van der Waals surface area contributed by atoms with Crippen LogP contribution >= 0.6 is 0 Å². The van der Waals surface area contributed by atoms with E-state index in [0.29, 0.717) is 12.6 Å². The molecule has 0 aromatic carbocycles. The van der Waals surface area contributed by atoms with Crippen molar-refractivity contribution >= 4 is 5.97 Å². The van der Waals surface area contributed by atoms with Gasteiger partial charge in [0.2, 0.25) is 0 Å². The van der Waals surface area contributed by atoms with Crippen molar-refractivity contribution in [3.8, 4) is 0 Å². The van der Waals surface area contributed by atoms with Gasteiger partial charge in [-0.1, -0.05) is 0 Å². The van der Waals surface area contributed by atoms with Crippen LogP contribution in [0.5, 0.6) is 0 Å². The zero-order valence-electron chi connectivity index (χ0n) is 12.0. The monoisotopic (exact) mass is 278 g/mol. The summed E-state index contributed by atoms with van der Waals surface area (Å²) in [5.41, 5.74) is 1.28. The first-order chi connectivity index (χ1) is 9.75. The lowest BCUT2D eigenvalue weighted by Crippen LogP contribution is -2.41. The molecule has 20 heavy (non-hydrogen) atoms. The summed E-state index contributed by atoms with van der Waals surface area (Å²) in [6.45, 7) is 3.95. The van der Waals surface area contributed by atoms with Crippen molar-refractivity contribution in [2.75, 3.05) is 32.9 Å². The highest BCUT2D eigenvalue weighted by Gasteiger charge is 2.30. The third-order valence-corrected chi connectivity index (χ3v) is 4.37. The first kappa shape index (κ1) is 13.6. The van der Waals surface area contributed by atoms with Gasteiger partial charge in [0.1, 0.15) is 0 Å². The van der Waals surface area contributed by atoms with E-state index in [1.165, 1.54) is 5.69 Å². The number of aryl methyl sites for hydroxylation is 1. The SMILES string of the molecule is Cn1cccc1[C@H]1COCCN1CC[C@@H]1CCOC1=O. The van der Waals surface area contributed by atoms with Gasteiger partial charge < -0.3 is 14.0 Å². The van der Waals surface area contributed by atoms with Gasteiger partial charge in [-0.05, 0) is 31.5 Å². The number of cyclic esters (lactones) is 1. The molecule has 2 aliphatic rings. The molecule has 0 radical (unpaired) electrons. The van der Waals surface area contributed by atoms with E-state index in [1.54, 1.807) is 0 Å². The molecule has 3 rings (SSSR count). The molecule has 2 aliphatic heterocycles. The Bertz CT molecular complexity index is 471. The predicted octanol–water partition coefficient (Wildman–Crippen LogP) is 1.35. The Balaban J connectivity index is 1.63. The molecule has 5 heteroatoms. The fraction of sp³-hybridized carbons (Fsp3) is 0.667. The Morgan fingerprint density at radius 2 is 2.30 bits per heavy atom. The van der Waals surface area contributed by atoms with Gasteiger partial charge in [0.15, 0.2) is 0 Å². The average molecular weight is 278 g/mol. The number of morpholine rings is 1. The summed E-state index contributed by atoms with van der Waals surface area (Å²) in [6.07, 6.45) is 3.83. The van der Waals surface area contributed by atoms with E-state index in [1.807, 2.05) is 0 Å². The molecule has 2 fully saturated rings. The largest absolute Gasteiger partial charge is 0.465 e. The zero-order valence-corrected chi connectivity index (χ0v) is 12.0. The second kappa shape index (κ2) is 5.97. The third-order valence-electron chi connectivity index (χ3n) is 4.37.